The quantitative estimate of drug-likeness (QED) is 0.856. The molecule has 1 heterocycles. The average Bonchev–Trinajstić information content (AvgIpc) is 2.87. The number of imidazole rings is 1. The predicted molar refractivity (Wildman–Crippen MR) is 89.5 cm³/mol. The first-order valence-corrected chi connectivity index (χ1v) is 8.64. The summed E-state index contributed by atoms with van der Waals surface area (Å²) in [6, 6.07) is 0. The minimum absolute atomic E-state index is 0.448. The van der Waals surface area contributed by atoms with Crippen molar-refractivity contribution in [2.24, 2.45) is 17.3 Å². The van der Waals surface area contributed by atoms with Crippen molar-refractivity contribution in [1.29, 1.82) is 0 Å². The van der Waals surface area contributed by atoms with Crippen LogP contribution in [0.15, 0.2) is 12.4 Å². The molecule has 120 valence electrons. The van der Waals surface area contributed by atoms with Crippen molar-refractivity contribution in [3.05, 3.63) is 18.2 Å². The SMILES string of the molecule is CCn1ccnc1C1CC(C)(C)CCC1CNCC(C)C. The van der Waals surface area contributed by atoms with Crippen LogP contribution in [0.25, 0.3) is 0 Å². The first-order chi connectivity index (χ1) is 9.93. The molecule has 21 heavy (non-hydrogen) atoms. The van der Waals surface area contributed by atoms with Crippen LogP contribution < -0.4 is 5.32 Å². The van der Waals surface area contributed by atoms with E-state index >= 15 is 0 Å². The van der Waals surface area contributed by atoms with E-state index in [0.29, 0.717) is 11.3 Å². The van der Waals surface area contributed by atoms with E-state index < -0.39 is 0 Å². The van der Waals surface area contributed by atoms with E-state index in [1.807, 2.05) is 6.20 Å². The Bertz CT molecular complexity index is 433. The molecule has 3 nitrogen and oxygen atoms in total. The van der Waals surface area contributed by atoms with Crippen LogP contribution in [0.3, 0.4) is 0 Å². The van der Waals surface area contributed by atoms with Crippen molar-refractivity contribution >= 4 is 0 Å². The molecule has 1 aromatic heterocycles. The summed E-state index contributed by atoms with van der Waals surface area (Å²) >= 11 is 0. The molecular formula is C18H33N3. The summed E-state index contributed by atoms with van der Waals surface area (Å²) in [5.41, 5.74) is 0.448. The minimum atomic E-state index is 0.448. The summed E-state index contributed by atoms with van der Waals surface area (Å²) in [6.45, 7) is 14.9. The van der Waals surface area contributed by atoms with Crippen molar-refractivity contribution in [3.63, 3.8) is 0 Å². The first-order valence-electron chi connectivity index (χ1n) is 8.64. The second-order valence-corrected chi connectivity index (χ2v) is 7.90. The lowest BCUT2D eigenvalue weighted by molar-refractivity contribution is 0.152. The van der Waals surface area contributed by atoms with Crippen LogP contribution in [0, 0.1) is 17.3 Å². The molecule has 3 heteroatoms. The standard InChI is InChI=1S/C18H33N3/c1-6-21-10-9-20-17(21)16-11-18(4,5)8-7-15(16)13-19-12-14(2)3/h9-10,14-16,19H,6-8,11-13H2,1-5H3. The molecule has 1 aromatic rings. The monoisotopic (exact) mass is 291 g/mol. The van der Waals surface area contributed by atoms with Crippen LogP contribution >= 0.6 is 0 Å². The van der Waals surface area contributed by atoms with Gasteiger partial charge in [0.2, 0.25) is 0 Å². The fourth-order valence-electron chi connectivity index (χ4n) is 3.66. The molecule has 1 saturated carbocycles. The van der Waals surface area contributed by atoms with Crippen LogP contribution in [-0.2, 0) is 6.54 Å². The van der Waals surface area contributed by atoms with Gasteiger partial charge < -0.3 is 9.88 Å². The van der Waals surface area contributed by atoms with Gasteiger partial charge in [-0.15, -0.1) is 0 Å². The number of rotatable bonds is 6. The predicted octanol–water partition coefficient (Wildman–Crippen LogP) is 4.06. The number of nitrogens with one attached hydrogen (secondary N) is 1. The molecule has 2 unspecified atom stereocenters. The van der Waals surface area contributed by atoms with Crippen LogP contribution in [0.2, 0.25) is 0 Å². The van der Waals surface area contributed by atoms with Crippen molar-refractivity contribution in [2.75, 3.05) is 13.1 Å². The molecule has 1 N–H and O–H groups in total. The first kappa shape index (κ1) is 16.5. The lowest BCUT2D eigenvalue weighted by atomic mass is 9.66. The summed E-state index contributed by atoms with van der Waals surface area (Å²) in [7, 11) is 0. The van der Waals surface area contributed by atoms with Gasteiger partial charge in [-0.05, 0) is 56.5 Å². The molecular weight excluding hydrogens is 258 g/mol. The van der Waals surface area contributed by atoms with Crippen LogP contribution in [-0.4, -0.2) is 22.6 Å². The molecule has 0 spiro atoms. The Kier molecular flexibility index (Phi) is 5.48. The lowest BCUT2D eigenvalue weighted by Gasteiger charge is -2.41. The fourth-order valence-corrected chi connectivity index (χ4v) is 3.66. The topological polar surface area (TPSA) is 29.9 Å². The van der Waals surface area contributed by atoms with Crippen LogP contribution in [0.1, 0.15) is 65.6 Å². The zero-order valence-electron chi connectivity index (χ0n) is 14.5. The van der Waals surface area contributed by atoms with E-state index in [1.54, 1.807) is 0 Å². The smallest absolute Gasteiger partial charge is 0.112 e. The van der Waals surface area contributed by atoms with E-state index in [2.05, 4.69) is 50.7 Å². The normalized spacial score (nSPS) is 25.4. The molecule has 1 fully saturated rings. The Morgan fingerprint density at radius 1 is 1.43 bits per heavy atom. The van der Waals surface area contributed by atoms with Gasteiger partial charge in [-0.25, -0.2) is 4.98 Å². The Morgan fingerprint density at radius 2 is 2.19 bits per heavy atom. The Morgan fingerprint density at radius 3 is 2.86 bits per heavy atom. The van der Waals surface area contributed by atoms with E-state index in [4.69, 9.17) is 4.98 Å². The average molecular weight is 291 g/mol. The molecule has 0 aliphatic heterocycles. The van der Waals surface area contributed by atoms with Crippen LogP contribution in [0.5, 0.6) is 0 Å². The summed E-state index contributed by atoms with van der Waals surface area (Å²) < 4.78 is 2.33. The second-order valence-electron chi connectivity index (χ2n) is 7.90. The van der Waals surface area contributed by atoms with Gasteiger partial charge >= 0.3 is 0 Å². The maximum atomic E-state index is 4.70. The molecule has 0 aromatic carbocycles. The Hall–Kier alpha value is -0.830. The van der Waals surface area contributed by atoms with E-state index in [9.17, 15) is 0 Å². The van der Waals surface area contributed by atoms with Gasteiger partial charge in [-0.3, -0.25) is 0 Å². The van der Waals surface area contributed by atoms with Gasteiger partial charge in [0.1, 0.15) is 5.82 Å². The van der Waals surface area contributed by atoms with Gasteiger partial charge in [0, 0.05) is 24.9 Å². The highest BCUT2D eigenvalue weighted by molar-refractivity contribution is 5.07. The molecule has 2 atom stereocenters. The third-order valence-corrected chi connectivity index (χ3v) is 4.91. The van der Waals surface area contributed by atoms with E-state index in [-0.39, 0.29) is 0 Å². The van der Waals surface area contributed by atoms with Gasteiger partial charge in [-0.1, -0.05) is 27.7 Å². The highest BCUT2D eigenvalue weighted by atomic mass is 15.1. The maximum Gasteiger partial charge on any atom is 0.112 e. The largest absolute Gasteiger partial charge is 0.335 e. The van der Waals surface area contributed by atoms with Crippen molar-refractivity contribution in [1.82, 2.24) is 14.9 Å². The summed E-state index contributed by atoms with van der Waals surface area (Å²) in [5, 5.41) is 3.67. The zero-order valence-corrected chi connectivity index (χ0v) is 14.5. The third kappa shape index (κ3) is 4.32. The van der Waals surface area contributed by atoms with Gasteiger partial charge in [-0.2, -0.15) is 0 Å². The number of nitrogens with zero attached hydrogens (tertiary/aromatic N) is 2. The van der Waals surface area contributed by atoms with Gasteiger partial charge in [0.05, 0.1) is 0 Å². The zero-order chi connectivity index (χ0) is 15.5. The molecule has 0 radical (unpaired) electrons. The summed E-state index contributed by atoms with van der Waals surface area (Å²) in [6.07, 6.45) is 8.02. The second kappa shape index (κ2) is 6.95. The third-order valence-electron chi connectivity index (χ3n) is 4.91. The molecule has 0 amide bonds. The Balaban J connectivity index is 2.10. The maximum absolute atomic E-state index is 4.70. The number of hydrogen-bond acceptors (Lipinski definition) is 2. The number of hydrogen-bond donors (Lipinski definition) is 1. The molecule has 0 bridgehead atoms. The van der Waals surface area contributed by atoms with Gasteiger partial charge in [0.15, 0.2) is 0 Å². The van der Waals surface area contributed by atoms with Crippen molar-refractivity contribution < 1.29 is 0 Å². The molecule has 1 aliphatic rings. The van der Waals surface area contributed by atoms with Gasteiger partial charge in [0.25, 0.3) is 0 Å². The highest BCUT2D eigenvalue weighted by Crippen LogP contribution is 2.46. The summed E-state index contributed by atoms with van der Waals surface area (Å²) in [5.74, 6) is 3.36. The molecule has 2 rings (SSSR count). The lowest BCUT2D eigenvalue weighted by Crippen LogP contribution is -2.37. The van der Waals surface area contributed by atoms with Crippen molar-refractivity contribution in [2.45, 2.75) is 66.3 Å². The summed E-state index contributed by atoms with van der Waals surface area (Å²) in [4.78, 5) is 4.70. The van der Waals surface area contributed by atoms with E-state index in [0.717, 1.165) is 31.5 Å². The molecule has 1 aliphatic carbocycles. The fraction of sp³-hybridized carbons (Fsp3) is 0.833. The van der Waals surface area contributed by atoms with Crippen molar-refractivity contribution in [3.8, 4) is 0 Å². The number of aromatic nitrogens is 2. The highest BCUT2D eigenvalue weighted by Gasteiger charge is 2.37. The van der Waals surface area contributed by atoms with Crippen LogP contribution in [0.4, 0.5) is 0 Å². The minimum Gasteiger partial charge on any atom is -0.335 e. The Labute approximate surface area is 130 Å². The number of aryl methyl sites for hydroxylation is 1. The van der Waals surface area contributed by atoms with E-state index in [1.165, 1.54) is 25.1 Å². The molecule has 0 saturated heterocycles.